The van der Waals surface area contributed by atoms with Gasteiger partial charge in [-0.2, -0.15) is 0 Å². The Morgan fingerprint density at radius 1 is 1.29 bits per heavy atom. The monoisotopic (exact) mass is 380 g/mol. The zero-order chi connectivity index (χ0) is 19.5. The van der Waals surface area contributed by atoms with Crippen LogP contribution in [0.15, 0.2) is 59.3 Å². The highest BCUT2D eigenvalue weighted by Crippen LogP contribution is 2.32. The van der Waals surface area contributed by atoms with Gasteiger partial charge in [0.25, 0.3) is 10.8 Å². The SMILES string of the molecule is CO[N+](=O)c1ccc(-c2oncc2C(=O)N2CCC(C3C=CC=CC3)C2)cc1. The Kier molecular flexibility index (Phi) is 5.06. The third-order valence-electron chi connectivity index (χ3n) is 5.44. The molecular formula is C21H22N3O4+. The van der Waals surface area contributed by atoms with E-state index >= 15 is 0 Å². The van der Waals surface area contributed by atoms with Crippen molar-refractivity contribution in [1.29, 1.82) is 0 Å². The molecule has 28 heavy (non-hydrogen) atoms. The van der Waals surface area contributed by atoms with Gasteiger partial charge in [-0.25, -0.2) is 4.84 Å². The lowest BCUT2D eigenvalue weighted by Gasteiger charge is -2.21. The van der Waals surface area contributed by atoms with Gasteiger partial charge >= 0.3 is 5.69 Å². The number of carbonyl (C=O) groups excluding carboxylic acids is 1. The first kappa shape index (κ1) is 18.2. The summed E-state index contributed by atoms with van der Waals surface area (Å²) in [6.07, 6.45) is 12.1. The maximum atomic E-state index is 13.1. The largest absolute Gasteiger partial charge is 0.355 e. The maximum absolute atomic E-state index is 13.1. The highest BCUT2D eigenvalue weighted by Gasteiger charge is 2.33. The van der Waals surface area contributed by atoms with Gasteiger partial charge in [-0.15, -0.1) is 0 Å². The molecule has 2 unspecified atom stereocenters. The van der Waals surface area contributed by atoms with Gasteiger partial charge in [0.15, 0.2) is 12.9 Å². The molecule has 2 aliphatic rings. The number of carbonyl (C=O) groups is 1. The first-order valence-electron chi connectivity index (χ1n) is 9.36. The predicted octanol–water partition coefficient (Wildman–Crippen LogP) is 3.91. The Hall–Kier alpha value is -3.22. The predicted molar refractivity (Wildman–Crippen MR) is 103 cm³/mol. The lowest BCUT2D eigenvalue weighted by Crippen LogP contribution is -2.29. The van der Waals surface area contributed by atoms with Crippen LogP contribution in [0.25, 0.3) is 11.3 Å². The van der Waals surface area contributed by atoms with Gasteiger partial charge in [0, 0.05) is 30.8 Å². The lowest BCUT2D eigenvalue weighted by molar-refractivity contribution is -0.736. The quantitative estimate of drug-likeness (QED) is 0.735. The van der Waals surface area contributed by atoms with Crippen LogP contribution in [-0.2, 0) is 4.84 Å². The number of nitrogens with zero attached hydrogens (tertiary/aromatic N) is 3. The van der Waals surface area contributed by atoms with Crippen LogP contribution in [0.3, 0.4) is 0 Å². The molecule has 4 rings (SSSR count). The Bertz CT molecular complexity index is 929. The highest BCUT2D eigenvalue weighted by molar-refractivity contribution is 5.99. The number of likely N-dealkylation sites (tertiary alicyclic amines) is 1. The molecule has 1 saturated heterocycles. The molecule has 2 aromatic rings. The number of hydrogen-bond acceptors (Lipinski definition) is 5. The molecule has 1 aliphatic carbocycles. The number of amides is 1. The summed E-state index contributed by atoms with van der Waals surface area (Å²) in [6, 6.07) is 6.64. The van der Waals surface area contributed by atoms with Gasteiger partial charge in [0.1, 0.15) is 5.56 Å². The molecule has 1 amide bonds. The van der Waals surface area contributed by atoms with Crippen LogP contribution in [-0.4, -0.2) is 41.1 Å². The van der Waals surface area contributed by atoms with Crippen molar-refractivity contribution in [3.63, 3.8) is 0 Å². The molecule has 7 heteroatoms. The van der Waals surface area contributed by atoms with E-state index < -0.39 is 0 Å². The fraction of sp³-hybridized carbons (Fsp3) is 0.333. The lowest BCUT2D eigenvalue weighted by atomic mass is 9.86. The Labute approximate surface area is 162 Å². The van der Waals surface area contributed by atoms with E-state index in [1.807, 2.05) is 4.90 Å². The molecule has 0 bridgehead atoms. The molecule has 0 saturated carbocycles. The molecule has 0 radical (unpaired) electrons. The molecule has 2 heterocycles. The van der Waals surface area contributed by atoms with Crippen molar-refractivity contribution >= 4 is 11.6 Å². The van der Waals surface area contributed by atoms with Crippen LogP contribution in [0.1, 0.15) is 23.2 Å². The van der Waals surface area contributed by atoms with E-state index in [0.717, 1.165) is 25.9 Å². The van der Waals surface area contributed by atoms with Crippen molar-refractivity contribution in [2.75, 3.05) is 20.2 Å². The van der Waals surface area contributed by atoms with Crippen LogP contribution in [0.2, 0.25) is 0 Å². The van der Waals surface area contributed by atoms with Crippen LogP contribution in [0.5, 0.6) is 0 Å². The zero-order valence-electron chi connectivity index (χ0n) is 15.7. The first-order chi connectivity index (χ1) is 13.7. The molecule has 1 aliphatic heterocycles. The van der Waals surface area contributed by atoms with Gasteiger partial charge < -0.3 is 9.42 Å². The summed E-state index contributed by atoms with van der Waals surface area (Å²) in [6.45, 7) is 1.48. The maximum Gasteiger partial charge on any atom is 0.316 e. The van der Waals surface area contributed by atoms with Crippen LogP contribution >= 0.6 is 0 Å². The second kappa shape index (κ2) is 7.80. The minimum atomic E-state index is -0.0690. The van der Waals surface area contributed by atoms with Crippen molar-refractivity contribution in [2.45, 2.75) is 12.8 Å². The average molecular weight is 380 g/mol. The number of benzene rings is 1. The number of aromatic nitrogens is 1. The summed E-state index contributed by atoms with van der Waals surface area (Å²) < 4.78 is 5.36. The second-order valence-corrected chi connectivity index (χ2v) is 7.07. The molecule has 1 fully saturated rings. The van der Waals surface area contributed by atoms with Crippen molar-refractivity contribution in [1.82, 2.24) is 10.1 Å². The smallest absolute Gasteiger partial charge is 0.316 e. The Morgan fingerprint density at radius 2 is 2.11 bits per heavy atom. The third kappa shape index (κ3) is 3.47. The third-order valence-corrected chi connectivity index (χ3v) is 5.44. The van der Waals surface area contributed by atoms with Crippen LogP contribution in [0.4, 0.5) is 5.69 Å². The molecule has 144 valence electrons. The van der Waals surface area contributed by atoms with Crippen molar-refractivity contribution in [3.8, 4) is 11.3 Å². The van der Waals surface area contributed by atoms with Gasteiger partial charge in [-0.1, -0.05) is 29.5 Å². The van der Waals surface area contributed by atoms with E-state index in [1.165, 1.54) is 13.3 Å². The summed E-state index contributed by atoms with van der Waals surface area (Å²) in [4.78, 5) is 31.5. The van der Waals surface area contributed by atoms with Gasteiger partial charge in [0.2, 0.25) is 0 Å². The molecule has 1 aromatic heterocycles. The number of rotatable bonds is 5. The molecule has 7 nitrogen and oxygen atoms in total. The number of hydrogen-bond donors (Lipinski definition) is 0. The van der Waals surface area contributed by atoms with Crippen LogP contribution in [0, 0.1) is 16.7 Å². The van der Waals surface area contributed by atoms with E-state index in [9.17, 15) is 9.70 Å². The molecular weight excluding hydrogens is 358 g/mol. The second-order valence-electron chi connectivity index (χ2n) is 7.07. The van der Waals surface area contributed by atoms with Gasteiger partial charge in [-0.05, 0) is 36.8 Å². The van der Waals surface area contributed by atoms with Gasteiger partial charge in [0.05, 0.1) is 11.1 Å². The fourth-order valence-corrected chi connectivity index (χ4v) is 3.88. The zero-order valence-corrected chi connectivity index (χ0v) is 15.7. The average Bonchev–Trinajstić information content (AvgIpc) is 3.43. The van der Waals surface area contributed by atoms with Crippen molar-refractivity contribution in [2.24, 2.45) is 11.8 Å². The topological polar surface area (TPSA) is 75.6 Å². The van der Waals surface area contributed by atoms with E-state index in [0.29, 0.717) is 39.3 Å². The van der Waals surface area contributed by atoms with E-state index in [-0.39, 0.29) is 5.91 Å². The molecule has 0 N–H and O–H groups in total. The highest BCUT2D eigenvalue weighted by atomic mass is 16.8. The van der Waals surface area contributed by atoms with Crippen molar-refractivity contribution < 1.29 is 19.1 Å². The fourth-order valence-electron chi connectivity index (χ4n) is 3.88. The molecule has 0 spiro atoms. The summed E-state index contributed by atoms with van der Waals surface area (Å²) in [5.41, 5.74) is 1.49. The Balaban J connectivity index is 1.49. The van der Waals surface area contributed by atoms with Gasteiger partial charge in [-0.3, -0.25) is 4.79 Å². The first-order valence-corrected chi connectivity index (χ1v) is 9.36. The van der Waals surface area contributed by atoms with Crippen molar-refractivity contribution in [3.05, 3.63) is 65.2 Å². The minimum Gasteiger partial charge on any atom is -0.355 e. The number of allylic oxidation sites excluding steroid dienone is 4. The molecule has 1 aromatic carbocycles. The summed E-state index contributed by atoms with van der Waals surface area (Å²) in [7, 11) is 1.30. The van der Waals surface area contributed by atoms with E-state index in [4.69, 9.17) is 4.52 Å². The van der Waals surface area contributed by atoms with E-state index in [2.05, 4.69) is 34.3 Å². The summed E-state index contributed by atoms with van der Waals surface area (Å²) in [5.74, 6) is 1.31. The summed E-state index contributed by atoms with van der Waals surface area (Å²) >= 11 is 0. The Morgan fingerprint density at radius 3 is 2.82 bits per heavy atom. The molecule has 2 atom stereocenters. The standard InChI is InChI=1S/C21H22N3O4/c1-27-24(26)18-9-7-16(8-10-18)20-19(13-22-28-20)21(25)23-12-11-17(14-23)15-5-3-2-4-6-15/h2-5,7-10,13,15,17H,6,11-12,14H2,1H3/q+1. The van der Waals surface area contributed by atoms with E-state index in [1.54, 1.807) is 24.3 Å². The van der Waals surface area contributed by atoms with Crippen LogP contribution < -0.4 is 0 Å². The summed E-state index contributed by atoms with van der Waals surface area (Å²) in [5, 5.41) is 3.83. The normalized spacial score (nSPS) is 21.1. The minimum absolute atomic E-state index is 0.0690.